The zero-order valence-electron chi connectivity index (χ0n) is 16.6. The van der Waals surface area contributed by atoms with E-state index in [1.54, 1.807) is 0 Å². The number of aliphatic imine (C=N–C) groups is 1. The Labute approximate surface area is 181 Å². The fraction of sp³-hybridized carbons (Fsp3) is 0.619. The van der Waals surface area contributed by atoms with Crippen LogP contribution in [0, 0.1) is 0 Å². The molecule has 0 saturated carbocycles. The molecular weight excluding hydrogens is 451 g/mol. The third-order valence-corrected chi connectivity index (χ3v) is 4.65. The van der Waals surface area contributed by atoms with Crippen molar-refractivity contribution in [1.29, 1.82) is 0 Å². The van der Waals surface area contributed by atoms with Crippen molar-refractivity contribution in [3.8, 4) is 0 Å². The van der Waals surface area contributed by atoms with Gasteiger partial charge in [-0.25, -0.2) is 0 Å². The summed E-state index contributed by atoms with van der Waals surface area (Å²) in [5.41, 5.74) is 1.42. The minimum atomic E-state index is 0. The van der Waals surface area contributed by atoms with Gasteiger partial charge in [0.05, 0.1) is 0 Å². The summed E-state index contributed by atoms with van der Waals surface area (Å²) in [6.07, 6.45) is 7.42. The minimum Gasteiger partial charge on any atom is -0.357 e. The largest absolute Gasteiger partial charge is 0.357 e. The number of nitrogens with zero attached hydrogens (tertiary/aromatic N) is 2. The Kier molecular flexibility index (Phi) is 12.9. The van der Waals surface area contributed by atoms with E-state index in [0.717, 1.165) is 70.8 Å². The van der Waals surface area contributed by atoms with Crippen LogP contribution in [0.15, 0.2) is 35.3 Å². The number of likely N-dealkylation sites (tertiary alicyclic amines) is 1. The fourth-order valence-electron chi connectivity index (χ4n) is 3.22. The minimum absolute atomic E-state index is 0. The number of rotatable bonds is 11. The first-order valence-electron chi connectivity index (χ1n) is 10.1. The number of halogens is 1. The third kappa shape index (κ3) is 9.98. The SMILES string of the molecule is CCNC(=NCCCN1CCCC1=O)NCCCCCc1ccccc1.I. The number of carbonyl (C=O) groups excluding carboxylic acids is 1. The van der Waals surface area contributed by atoms with Crippen molar-refractivity contribution < 1.29 is 4.79 Å². The highest BCUT2D eigenvalue weighted by atomic mass is 127. The molecule has 1 aromatic rings. The molecule has 1 aliphatic rings. The molecule has 2 N–H and O–H groups in total. The summed E-state index contributed by atoms with van der Waals surface area (Å²) in [7, 11) is 0. The lowest BCUT2D eigenvalue weighted by Crippen LogP contribution is -2.38. The van der Waals surface area contributed by atoms with Crippen molar-refractivity contribution in [2.45, 2.75) is 51.9 Å². The zero-order valence-corrected chi connectivity index (χ0v) is 18.9. The number of guanidine groups is 1. The molecule has 0 bridgehead atoms. The molecule has 1 aliphatic heterocycles. The van der Waals surface area contributed by atoms with Gasteiger partial charge in [-0.05, 0) is 44.6 Å². The van der Waals surface area contributed by atoms with Gasteiger partial charge in [-0.3, -0.25) is 9.79 Å². The van der Waals surface area contributed by atoms with Crippen LogP contribution in [0.4, 0.5) is 0 Å². The summed E-state index contributed by atoms with van der Waals surface area (Å²) in [6, 6.07) is 10.7. The van der Waals surface area contributed by atoms with Crippen molar-refractivity contribution >= 4 is 35.8 Å². The maximum Gasteiger partial charge on any atom is 0.222 e. The number of carbonyl (C=O) groups is 1. The average molecular weight is 486 g/mol. The van der Waals surface area contributed by atoms with Crippen molar-refractivity contribution in [3.05, 3.63) is 35.9 Å². The average Bonchev–Trinajstić information content (AvgIpc) is 3.07. The molecule has 0 spiro atoms. The van der Waals surface area contributed by atoms with E-state index >= 15 is 0 Å². The molecule has 1 amide bonds. The Bertz CT molecular complexity index is 550. The lowest BCUT2D eigenvalue weighted by molar-refractivity contribution is -0.127. The van der Waals surface area contributed by atoms with E-state index in [1.807, 2.05) is 4.90 Å². The smallest absolute Gasteiger partial charge is 0.222 e. The topological polar surface area (TPSA) is 56.7 Å². The van der Waals surface area contributed by atoms with Crippen molar-refractivity contribution in [2.24, 2.45) is 4.99 Å². The van der Waals surface area contributed by atoms with Crippen molar-refractivity contribution in [1.82, 2.24) is 15.5 Å². The van der Waals surface area contributed by atoms with E-state index in [1.165, 1.54) is 18.4 Å². The Morgan fingerprint density at radius 2 is 1.93 bits per heavy atom. The molecule has 5 nitrogen and oxygen atoms in total. The number of nitrogens with one attached hydrogen (secondary N) is 2. The van der Waals surface area contributed by atoms with Gasteiger partial charge in [0.25, 0.3) is 0 Å². The molecule has 2 rings (SSSR count). The second-order valence-electron chi connectivity index (χ2n) is 6.82. The highest BCUT2D eigenvalue weighted by Gasteiger charge is 2.18. The van der Waals surface area contributed by atoms with E-state index in [0.29, 0.717) is 5.91 Å². The molecule has 0 radical (unpaired) electrons. The van der Waals surface area contributed by atoms with Gasteiger partial charge < -0.3 is 15.5 Å². The summed E-state index contributed by atoms with van der Waals surface area (Å²) in [6.45, 7) is 6.41. The molecule has 0 aromatic heterocycles. The van der Waals surface area contributed by atoms with Gasteiger partial charge in [0.1, 0.15) is 0 Å². The Balaban J connectivity index is 0.00000364. The van der Waals surface area contributed by atoms with Crippen LogP contribution < -0.4 is 10.6 Å². The second kappa shape index (κ2) is 14.7. The maximum absolute atomic E-state index is 11.6. The lowest BCUT2D eigenvalue weighted by atomic mass is 10.1. The predicted molar refractivity (Wildman–Crippen MR) is 124 cm³/mol. The van der Waals surface area contributed by atoms with Crippen LogP contribution in [0.25, 0.3) is 0 Å². The molecule has 0 aliphatic carbocycles. The van der Waals surface area contributed by atoms with Crippen LogP contribution in [-0.4, -0.2) is 49.5 Å². The standard InChI is InChI=1S/C21H34N4O.HI/c1-2-22-21(24-16-10-18-25-17-9-14-20(25)26)23-15-8-4-7-13-19-11-5-3-6-12-19;/h3,5-6,11-12H,2,4,7-10,13-18H2,1H3,(H2,22,23,24);1H. The number of amides is 1. The van der Waals surface area contributed by atoms with Gasteiger partial charge in [0, 0.05) is 39.1 Å². The Morgan fingerprint density at radius 1 is 1.11 bits per heavy atom. The summed E-state index contributed by atoms with van der Waals surface area (Å²) in [4.78, 5) is 18.2. The lowest BCUT2D eigenvalue weighted by Gasteiger charge is -2.15. The predicted octanol–water partition coefficient (Wildman–Crippen LogP) is 3.59. The van der Waals surface area contributed by atoms with Crippen LogP contribution in [0.2, 0.25) is 0 Å². The van der Waals surface area contributed by atoms with Crippen LogP contribution in [0.1, 0.15) is 51.0 Å². The number of unbranched alkanes of at least 4 members (excludes halogenated alkanes) is 2. The van der Waals surface area contributed by atoms with Gasteiger partial charge in [0.15, 0.2) is 5.96 Å². The first-order valence-corrected chi connectivity index (χ1v) is 10.1. The maximum atomic E-state index is 11.6. The van der Waals surface area contributed by atoms with Crippen molar-refractivity contribution in [3.63, 3.8) is 0 Å². The first kappa shape index (κ1) is 23.7. The monoisotopic (exact) mass is 486 g/mol. The fourth-order valence-corrected chi connectivity index (χ4v) is 3.22. The number of hydrogen-bond acceptors (Lipinski definition) is 2. The molecule has 27 heavy (non-hydrogen) atoms. The highest BCUT2D eigenvalue weighted by Crippen LogP contribution is 2.09. The Morgan fingerprint density at radius 3 is 2.63 bits per heavy atom. The van der Waals surface area contributed by atoms with Crippen molar-refractivity contribution in [2.75, 3.05) is 32.7 Å². The molecule has 152 valence electrons. The quantitative estimate of drug-likeness (QED) is 0.218. The van der Waals surface area contributed by atoms with Crippen LogP contribution in [-0.2, 0) is 11.2 Å². The Hall–Kier alpha value is -1.31. The van der Waals surface area contributed by atoms with Gasteiger partial charge in [-0.2, -0.15) is 0 Å². The normalized spacial score (nSPS) is 14.2. The number of hydrogen-bond donors (Lipinski definition) is 2. The van der Waals surface area contributed by atoms with Crippen LogP contribution in [0.3, 0.4) is 0 Å². The molecule has 1 aromatic carbocycles. The molecule has 1 fully saturated rings. The number of aryl methyl sites for hydroxylation is 1. The molecule has 1 saturated heterocycles. The third-order valence-electron chi connectivity index (χ3n) is 4.65. The van der Waals surface area contributed by atoms with Gasteiger partial charge in [-0.15, -0.1) is 24.0 Å². The van der Waals surface area contributed by atoms with Gasteiger partial charge in [-0.1, -0.05) is 36.8 Å². The van der Waals surface area contributed by atoms with Crippen LogP contribution >= 0.6 is 24.0 Å². The summed E-state index contributed by atoms with van der Waals surface area (Å²) < 4.78 is 0. The second-order valence-corrected chi connectivity index (χ2v) is 6.82. The number of benzene rings is 1. The molecule has 6 heteroatoms. The van der Waals surface area contributed by atoms with E-state index < -0.39 is 0 Å². The molecule has 1 heterocycles. The molecule has 0 unspecified atom stereocenters. The highest BCUT2D eigenvalue weighted by molar-refractivity contribution is 14.0. The van der Waals surface area contributed by atoms with E-state index in [9.17, 15) is 4.79 Å². The first-order chi connectivity index (χ1) is 12.8. The van der Waals surface area contributed by atoms with E-state index in [2.05, 4.69) is 52.9 Å². The van der Waals surface area contributed by atoms with Gasteiger partial charge >= 0.3 is 0 Å². The zero-order chi connectivity index (χ0) is 18.5. The summed E-state index contributed by atoms with van der Waals surface area (Å²) in [5, 5.41) is 6.71. The van der Waals surface area contributed by atoms with Gasteiger partial charge in [0.2, 0.25) is 5.91 Å². The molecular formula is C21H35IN4O. The summed E-state index contributed by atoms with van der Waals surface area (Å²) in [5.74, 6) is 1.19. The van der Waals surface area contributed by atoms with E-state index in [-0.39, 0.29) is 24.0 Å². The molecule has 0 atom stereocenters. The summed E-state index contributed by atoms with van der Waals surface area (Å²) >= 11 is 0. The van der Waals surface area contributed by atoms with Crippen LogP contribution in [0.5, 0.6) is 0 Å². The van der Waals surface area contributed by atoms with E-state index in [4.69, 9.17) is 0 Å².